The molecule has 3 amide bonds. The number of halogens is 1. The van der Waals surface area contributed by atoms with E-state index in [4.69, 9.17) is 14.2 Å². The van der Waals surface area contributed by atoms with E-state index in [1.807, 2.05) is 62.4 Å². The standard InChI is InChI=1S/C44H58BrN3O8/c1-9-11-22-33(50)46-31(26-54-8)36(29-20-16-13-17-21-29)55-41(53)34-35-39(51)48(32(25-49)28-18-14-12-15-19-28)38(44(35)24-30(45)37(34)56-44)40(52)47(23-10-2)43(6,7)27-42(3,4)5/h9-10,12-21,30-32,34-38,49H,1-2,11,22-27H2,3-8H3,(H,46,50)/t30?,31-,32-,34+,35-,36-,37+,38+,44-/m1/s1. The first-order valence-corrected chi connectivity index (χ1v) is 20.3. The second-order valence-corrected chi connectivity index (χ2v) is 18.2. The largest absolute Gasteiger partial charge is 0.455 e. The van der Waals surface area contributed by atoms with Gasteiger partial charge < -0.3 is 34.4 Å². The Labute approximate surface area is 339 Å². The molecule has 3 aliphatic heterocycles. The van der Waals surface area contributed by atoms with Crippen molar-refractivity contribution >= 4 is 39.6 Å². The molecule has 304 valence electrons. The number of carbonyl (C=O) groups excluding carboxylic acids is 4. The lowest BCUT2D eigenvalue weighted by molar-refractivity contribution is -0.163. The highest BCUT2D eigenvalue weighted by molar-refractivity contribution is 9.09. The van der Waals surface area contributed by atoms with Gasteiger partial charge in [-0.2, -0.15) is 0 Å². The molecule has 11 nitrogen and oxygen atoms in total. The van der Waals surface area contributed by atoms with Crippen LogP contribution in [0.5, 0.6) is 0 Å². The molecule has 2 bridgehead atoms. The van der Waals surface area contributed by atoms with E-state index in [-0.39, 0.29) is 43.2 Å². The number of methoxy groups -OCH3 is 1. The van der Waals surface area contributed by atoms with Crippen LogP contribution in [0.3, 0.4) is 0 Å². The number of aliphatic hydroxyl groups excluding tert-OH is 1. The van der Waals surface area contributed by atoms with Gasteiger partial charge in [-0.25, -0.2) is 0 Å². The molecule has 12 heteroatoms. The number of nitrogens with one attached hydrogen (secondary N) is 1. The fraction of sp³-hybridized carbons (Fsp3) is 0.545. The monoisotopic (exact) mass is 835 g/mol. The molecule has 0 aliphatic carbocycles. The van der Waals surface area contributed by atoms with Gasteiger partial charge in [-0.3, -0.25) is 19.2 Å². The van der Waals surface area contributed by atoms with Gasteiger partial charge in [0.05, 0.1) is 43.2 Å². The number of allylic oxidation sites excluding steroid dienone is 1. The third-order valence-corrected chi connectivity index (χ3v) is 12.0. The normalized spacial score (nSPS) is 25.9. The predicted octanol–water partition coefficient (Wildman–Crippen LogP) is 6.08. The number of rotatable bonds is 18. The fourth-order valence-corrected chi connectivity index (χ4v) is 10.4. The Hall–Kier alpha value is -3.84. The molecule has 2 aromatic rings. The van der Waals surface area contributed by atoms with Crippen molar-refractivity contribution in [2.75, 3.05) is 26.9 Å². The summed E-state index contributed by atoms with van der Waals surface area (Å²) in [5.41, 5.74) is -0.981. The SMILES string of the molecule is C=CCCC(=O)N[C@H](COC)[C@H](OC(=O)[C@@H]1[C@H]2O[C@@]3(CC2Br)[C@H](C(=O)N(CC=C)C(C)(C)CC(C)(C)C)N([C@H](CO)c2ccccc2)C(=O)[C@@H]13)c1ccccc1. The van der Waals surface area contributed by atoms with Gasteiger partial charge in [0.2, 0.25) is 17.7 Å². The van der Waals surface area contributed by atoms with Crippen molar-refractivity contribution in [2.45, 2.75) is 107 Å². The topological polar surface area (TPSA) is 135 Å². The van der Waals surface area contributed by atoms with Crippen LogP contribution in [-0.4, -0.2) is 99.6 Å². The summed E-state index contributed by atoms with van der Waals surface area (Å²) in [5, 5.41) is 14.0. The number of aliphatic hydroxyl groups is 1. The first-order chi connectivity index (χ1) is 26.5. The van der Waals surface area contributed by atoms with Crippen LogP contribution >= 0.6 is 15.9 Å². The number of alkyl halides is 1. The Morgan fingerprint density at radius 1 is 1.05 bits per heavy atom. The van der Waals surface area contributed by atoms with E-state index < -0.39 is 76.6 Å². The number of benzene rings is 2. The van der Waals surface area contributed by atoms with Crippen molar-refractivity contribution in [1.29, 1.82) is 0 Å². The summed E-state index contributed by atoms with van der Waals surface area (Å²) in [6.45, 7) is 17.8. The maximum atomic E-state index is 15.4. The number of esters is 1. The minimum Gasteiger partial charge on any atom is -0.455 e. The van der Waals surface area contributed by atoms with Crippen molar-refractivity contribution in [1.82, 2.24) is 15.1 Å². The molecule has 3 fully saturated rings. The zero-order chi connectivity index (χ0) is 41.0. The number of nitrogens with zero attached hydrogens (tertiary/aromatic N) is 2. The summed E-state index contributed by atoms with van der Waals surface area (Å²) in [6.07, 6.45) is 3.12. The maximum absolute atomic E-state index is 15.4. The predicted molar refractivity (Wildman–Crippen MR) is 217 cm³/mol. The van der Waals surface area contributed by atoms with Crippen LogP contribution in [0.2, 0.25) is 0 Å². The molecule has 3 saturated heterocycles. The van der Waals surface area contributed by atoms with E-state index >= 15 is 9.59 Å². The molecular formula is C44H58BrN3O8. The minimum absolute atomic E-state index is 0.0354. The molecule has 1 spiro atoms. The Morgan fingerprint density at radius 2 is 1.68 bits per heavy atom. The fourth-order valence-electron chi connectivity index (χ4n) is 9.41. The van der Waals surface area contributed by atoms with Gasteiger partial charge in [0.25, 0.3) is 0 Å². The van der Waals surface area contributed by atoms with E-state index in [0.29, 0.717) is 24.0 Å². The third kappa shape index (κ3) is 8.68. The van der Waals surface area contributed by atoms with Crippen LogP contribution in [-0.2, 0) is 33.4 Å². The molecule has 0 radical (unpaired) electrons. The second-order valence-electron chi connectivity index (χ2n) is 17.0. The van der Waals surface area contributed by atoms with Crippen LogP contribution < -0.4 is 5.32 Å². The Kier molecular flexibility index (Phi) is 13.7. The van der Waals surface area contributed by atoms with E-state index in [9.17, 15) is 14.7 Å². The van der Waals surface area contributed by atoms with Crippen LogP contribution in [0, 0.1) is 17.3 Å². The molecule has 0 saturated carbocycles. The van der Waals surface area contributed by atoms with E-state index in [1.165, 1.54) is 12.0 Å². The van der Waals surface area contributed by atoms with Gasteiger partial charge in [0.1, 0.15) is 17.7 Å². The van der Waals surface area contributed by atoms with Gasteiger partial charge in [0.15, 0.2) is 0 Å². The van der Waals surface area contributed by atoms with E-state index in [2.05, 4.69) is 55.2 Å². The molecular weight excluding hydrogens is 778 g/mol. The quantitative estimate of drug-likeness (QED) is 0.105. The summed E-state index contributed by atoms with van der Waals surface area (Å²) in [6, 6.07) is 15.3. The van der Waals surface area contributed by atoms with Crippen LogP contribution in [0.15, 0.2) is 86.0 Å². The Balaban J connectivity index is 1.61. The molecule has 56 heavy (non-hydrogen) atoms. The molecule has 0 aromatic heterocycles. The van der Waals surface area contributed by atoms with Crippen molar-refractivity contribution < 1.29 is 38.5 Å². The molecule has 2 aromatic carbocycles. The first kappa shape index (κ1) is 43.3. The molecule has 9 atom stereocenters. The minimum atomic E-state index is -1.43. The number of hydrogen-bond donors (Lipinski definition) is 2. The first-order valence-electron chi connectivity index (χ1n) is 19.4. The number of hydrogen-bond acceptors (Lipinski definition) is 8. The van der Waals surface area contributed by atoms with Crippen LogP contribution in [0.1, 0.15) is 83.6 Å². The van der Waals surface area contributed by atoms with Gasteiger partial charge in [-0.1, -0.05) is 110 Å². The summed E-state index contributed by atoms with van der Waals surface area (Å²) in [4.78, 5) is 61.3. The average molecular weight is 837 g/mol. The summed E-state index contributed by atoms with van der Waals surface area (Å²) in [7, 11) is 1.50. The van der Waals surface area contributed by atoms with Crippen molar-refractivity contribution in [3.05, 3.63) is 97.1 Å². The third-order valence-electron chi connectivity index (χ3n) is 11.2. The van der Waals surface area contributed by atoms with Gasteiger partial charge in [0, 0.05) is 30.4 Å². The van der Waals surface area contributed by atoms with Gasteiger partial charge in [-0.15, -0.1) is 13.2 Å². The molecule has 3 heterocycles. The van der Waals surface area contributed by atoms with Gasteiger partial charge in [-0.05, 0) is 49.7 Å². The highest BCUT2D eigenvalue weighted by Gasteiger charge is 2.78. The lowest BCUT2D eigenvalue weighted by atomic mass is 9.70. The Morgan fingerprint density at radius 3 is 2.23 bits per heavy atom. The zero-order valence-electron chi connectivity index (χ0n) is 33.5. The summed E-state index contributed by atoms with van der Waals surface area (Å²) in [5.74, 6) is -3.98. The van der Waals surface area contributed by atoms with Crippen LogP contribution in [0.4, 0.5) is 0 Å². The van der Waals surface area contributed by atoms with Crippen LogP contribution in [0.25, 0.3) is 0 Å². The number of ether oxygens (including phenoxy) is 3. The van der Waals surface area contributed by atoms with E-state index in [0.717, 1.165) is 0 Å². The van der Waals surface area contributed by atoms with Crippen molar-refractivity contribution in [3.8, 4) is 0 Å². The number of carbonyl (C=O) groups is 4. The highest BCUT2D eigenvalue weighted by Crippen LogP contribution is 2.62. The highest BCUT2D eigenvalue weighted by atomic mass is 79.9. The molecule has 5 rings (SSSR count). The number of amides is 3. The number of likely N-dealkylation sites (tertiary alicyclic amines) is 1. The summed E-state index contributed by atoms with van der Waals surface area (Å²) < 4.78 is 18.8. The smallest absolute Gasteiger partial charge is 0.313 e. The lowest BCUT2D eigenvalue weighted by Crippen LogP contribution is -2.61. The van der Waals surface area contributed by atoms with Crippen molar-refractivity contribution in [2.24, 2.45) is 17.3 Å². The zero-order valence-corrected chi connectivity index (χ0v) is 35.1. The van der Waals surface area contributed by atoms with E-state index in [1.54, 1.807) is 29.2 Å². The average Bonchev–Trinajstić information content (AvgIpc) is 3.75. The molecule has 2 N–H and O–H groups in total. The lowest BCUT2D eigenvalue weighted by Gasteiger charge is -2.46. The number of fused-ring (bicyclic) bond motifs is 1. The second kappa shape index (κ2) is 17.7. The molecule has 3 aliphatic rings. The maximum Gasteiger partial charge on any atom is 0.313 e. The van der Waals surface area contributed by atoms with Gasteiger partial charge >= 0.3 is 5.97 Å². The van der Waals surface area contributed by atoms with Crippen molar-refractivity contribution in [3.63, 3.8) is 0 Å². The Bertz CT molecular complexity index is 1730. The molecule has 1 unspecified atom stereocenters. The summed E-state index contributed by atoms with van der Waals surface area (Å²) >= 11 is 3.78.